The van der Waals surface area contributed by atoms with Gasteiger partial charge in [0.05, 0.1) is 5.69 Å². The molecule has 0 aliphatic carbocycles. The topological polar surface area (TPSA) is 47.1 Å². The van der Waals surface area contributed by atoms with Gasteiger partial charge in [-0.25, -0.2) is 4.39 Å². The number of benzene rings is 4. The van der Waals surface area contributed by atoms with E-state index in [1.54, 1.807) is 12.1 Å². The first-order valence-electron chi connectivity index (χ1n) is 15.3. The van der Waals surface area contributed by atoms with Crippen LogP contribution in [-0.2, 0) is 13.1 Å². The number of rotatable bonds is 5. The van der Waals surface area contributed by atoms with Crippen LogP contribution in [0.3, 0.4) is 0 Å². The molecule has 44 heavy (non-hydrogen) atoms. The fourth-order valence-corrected chi connectivity index (χ4v) is 5.90. The summed E-state index contributed by atoms with van der Waals surface area (Å²) in [4.78, 5) is 36.3. The molecule has 1 aliphatic rings. The highest BCUT2D eigenvalue weighted by molar-refractivity contribution is 6.07. The zero-order valence-corrected chi connectivity index (χ0v) is 25.9. The van der Waals surface area contributed by atoms with Crippen molar-refractivity contribution in [3.63, 3.8) is 0 Å². The van der Waals surface area contributed by atoms with E-state index in [4.69, 9.17) is 0 Å². The molecule has 4 aromatic carbocycles. The monoisotopic (exact) mass is 592 g/mol. The molecule has 0 atom stereocenters. The van der Waals surface area contributed by atoms with E-state index in [0.717, 1.165) is 55.0 Å². The third kappa shape index (κ3) is 7.53. The van der Waals surface area contributed by atoms with Crippen molar-refractivity contribution in [2.75, 3.05) is 50.1 Å². The molecular weight excluding hydrogens is 551 g/mol. The van der Waals surface area contributed by atoms with Crippen molar-refractivity contribution in [2.24, 2.45) is 0 Å². The zero-order chi connectivity index (χ0) is 31.1. The lowest BCUT2D eigenvalue weighted by atomic mass is 10.0. The van der Waals surface area contributed by atoms with Gasteiger partial charge in [-0.05, 0) is 78.9 Å². The van der Waals surface area contributed by atoms with E-state index in [-0.39, 0.29) is 17.6 Å². The Morgan fingerprint density at radius 3 is 2.18 bits per heavy atom. The Morgan fingerprint density at radius 1 is 0.750 bits per heavy atom. The fourth-order valence-electron chi connectivity index (χ4n) is 5.90. The van der Waals surface area contributed by atoms with Crippen LogP contribution < -0.4 is 9.80 Å². The number of carbonyl (C=O) groups is 2. The van der Waals surface area contributed by atoms with E-state index in [1.165, 1.54) is 17.7 Å². The standard InChI is InChI=1S/C37H41FN4O2/c1-28-11-7-15-32-27-41(36(43)31-14-8-16-34(25-31)39(2)3)23-9-21-40(26-29-12-5-4-6-13-29)22-10-24-42(35(28)32)37(44)30-17-19-33(38)20-18-30/h4-8,11-20,25H,9-10,21-24,26-27H2,1-3H3. The number of amides is 2. The number of anilines is 2. The molecule has 0 saturated heterocycles. The van der Waals surface area contributed by atoms with E-state index < -0.39 is 0 Å². The van der Waals surface area contributed by atoms with Crippen molar-refractivity contribution in [1.82, 2.24) is 9.80 Å². The van der Waals surface area contributed by atoms with Gasteiger partial charge in [0.25, 0.3) is 11.8 Å². The highest BCUT2D eigenvalue weighted by atomic mass is 19.1. The Hall–Kier alpha value is -4.49. The molecule has 0 aromatic heterocycles. The Morgan fingerprint density at radius 2 is 1.45 bits per heavy atom. The second-order valence-corrected chi connectivity index (χ2v) is 11.7. The van der Waals surface area contributed by atoms with Crippen LogP contribution in [-0.4, -0.2) is 61.9 Å². The van der Waals surface area contributed by atoms with E-state index in [0.29, 0.717) is 30.8 Å². The van der Waals surface area contributed by atoms with Crippen LogP contribution in [0.5, 0.6) is 0 Å². The molecule has 0 unspecified atom stereocenters. The predicted molar refractivity (Wildman–Crippen MR) is 176 cm³/mol. The summed E-state index contributed by atoms with van der Waals surface area (Å²) in [7, 11) is 3.93. The first kappa shape index (κ1) is 31.0. The summed E-state index contributed by atoms with van der Waals surface area (Å²) >= 11 is 0. The Balaban J connectivity index is 1.53. The van der Waals surface area contributed by atoms with Crippen molar-refractivity contribution in [3.8, 4) is 0 Å². The lowest BCUT2D eigenvalue weighted by molar-refractivity contribution is 0.0734. The molecule has 5 rings (SSSR count). The maximum absolute atomic E-state index is 14.1. The SMILES string of the molecule is Cc1cccc2c1N(C(=O)c1ccc(F)cc1)CCCN(Cc1ccccc1)CCCN(C(=O)c1cccc(N(C)C)c1)C2. The Bertz CT molecular complexity index is 1570. The number of nitrogens with zero attached hydrogens (tertiary/aromatic N) is 4. The Labute approximate surface area is 260 Å². The zero-order valence-electron chi connectivity index (χ0n) is 25.9. The van der Waals surface area contributed by atoms with Gasteiger partial charge in [0.1, 0.15) is 5.82 Å². The third-order valence-corrected chi connectivity index (χ3v) is 8.19. The van der Waals surface area contributed by atoms with Crippen molar-refractivity contribution in [3.05, 3.63) is 131 Å². The minimum atomic E-state index is -0.379. The van der Waals surface area contributed by atoms with Gasteiger partial charge in [0.2, 0.25) is 0 Å². The van der Waals surface area contributed by atoms with Crippen LogP contribution in [0.15, 0.2) is 97.1 Å². The summed E-state index contributed by atoms with van der Waals surface area (Å²) in [6.07, 6.45) is 1.60. The van der Waals surface area contributed by atoms with Gasteiger partial charge in [0, 0.05) is 70.2 Å². The second kappa shape index (κ2) is 14.3. The number of hydrogen-bond acceptors (Lipinski definition) is 4. The second-order valence-electron chi connectivity index (χ2n) is 11.7. The summed E-state index contributed by atoms with van der Waals surface area (Å²) < 4.78 is 13.8. The quantitative estimate of drug-likeness (QED) is 0.256. The van der Waals surface area contributed by atoms with E-state index >= 15 is 0 Å². The molecule has 1 aliphatic heterocycles. The number of para-hydroxylation sites is 1. The molecule has 0 fully saturated rings. The highest BCUT2D eigenvalue weighted by Crippen LogP contribution is 2.30. The lowest BCUT2D eigenvalue weighted by Crippen LogP contribution is -2.39. The molecule has 0 radical (unpaired) electrons. The van der Waals surface area contributed by atoms with Crippen molar-refractivity contribution in [2.45, 2.75) is 32.9 Å². The molecule has 4 aromatic rings. The first-order chi connectivity index (χ1) is 21.3. The summed E-state index contributed by atoms with van der Waals surface area (Å²) in [6.45, 7) is 5.86. The number of aryl methyl sites for hydroxylation is 1. The van der Waals surface area contributed by atoms with Gasteiger partial charge in [-0.1, -0.05) is 54.6 Å². The molecule has 0 bridgehead atoms. The van der Waals surface area contributed by atoms with Crippen molar-refractivity contribution in [1.29, 1.82) is 0 Å². The molecule has 0 saturated carbocycles. The van der Waals surface area contributed by atoms with Gasteiger partial charge in [0.15, 0.2) is 0 Å². The molecule has 1 heterocycles. The summed E-state index contributed by atoms with van der Waals surface area (Å²) in [5, 5.41) is 0. The number of halogens is 1. The molecule has 0 N–H and O–H groups in total. The maximum atomic E-state index is 14.1. The lowest BCUT2D eigenvalue weighted by Gasteiger charge is -2.33. The molecule has 0 spiro atoms. The van der Waals surface area contributed by atoms with Crippen molar-refractivity contribution >= 4 is 23.2 Å². The van der Waals surface area contributed by atoms with E-state index in [2.05, 4.69) is 29.2 Å². The molecule has 7 heteroatoms. The van der Waals surface area contributed by atoms with Crippen molar-refractivity contribution < 1.29 is 14.0 Å². The van der Waals surface area contributed by atoms with Gasteiger partial charge < -0.3 is 14.7 Å². The molecular formula is C37H41FN4O2. The maximum Gasteiger partial charge on any atom is 0.258 e. The van der Waals surface area contributed by atoms with Gasteiger partial charge in [-0.15, -0.1) is 0 Å². The number of fused-ring (bicyclic) bond motifs is 1. The van der Waals surface area contributed by atoms with Crippen LogP contribution in [0.1, 0.15) is 50.2 Å². The minimum Gasteiger partial charge on any atom is -0.378 e. The third-order valence-electron chi connectivity index (χ3n) is 8.19. The van der Waals surface area contributed by atoms with Crippen LogP contribution in [0.2, 0.25) is 0 Å². The molecule has 2 amide bonds. The minimum absolute atomic E-state index is 0.0377. The van der Waals surface area contributed by atoms with Crippen LogP contribution in [0, 0.1) is 12.7 Å². The van der Waals surface area contributed by atoms with Crippen LogP contribution in [0.25, 0.3) is 0 Å². The smallest absolute Gasteiger partial charge is 0.258 e. The highest BCUT2D eigenvalue weighted by Gasteiger charge is 2.26. The van der Waals surface area contributed by atoms with Crippen LogP contribution >= 0.6 is 0 Å². The average Bonchev–Trinajstić information content (AvgIpc) is 3.02. The van der Waals surface area contributed by atoms with Crippen LogP contribution in [0.4, 0.5) is 15.8 Å². The van der Waals surface area contributed by atoms with E-state index in [1.807, 2.05) is 84.2 Å². The van der Waals surface area contributed by atoms with Gasteiger partial charge in [-0.3, -0.25) is 14.5 Å². The fraction of sp³-hybridized carbons (Fsp3) is 0.297. The van der Waals surface area contributed by atoms with Gasteiger partial charge >= 0.3 is 0 Å². The first-order valence-corrected chi connectivity index (χ1v) is 15.3. The van der Waals surface area contributed by atoms with Gasteiger partial charge in [-0.2, -0.15) is 0 Å². The molecule has 228 valence electrons. The number of carbonyl (C=O) groups excluding carboxylic acids is 2. The summed E-state index contributed by atoms with van der Waals surface area (Å²) in [5.74, 6) is -0.594. The number of hydrogen-bond donors (Lipinski definition) is 0. The Kier molecular flexibility index (Phi) is 10.1. The molecule has 6 nitrogen and oxygen atoms in total. The predicted octanol–water partition coefficient (Wildman–Crippen LogP) is 6.79. The largest absolute Gasteiger partial charge is 0.378 e. The average molecular weight is 593 g/mol. The summed E-state index contributed by atoms with van der Waals surface area (Å²) in [5.41, 5.74) is 5.95. The van der Waals surface area contributed by atoms with E-state index in [9.17, 15) is 14.0 Å². The summed E-state index contributed by atoms with van der Waals surface area (Å²) in [6, 6.07) is 29.8. The normalized spacial score (nSPS) is 14.7.